The van der Waals surface area contributed by atoms with Crippen LogP contribution < -0.4 is 15.4 Å². The van der Waals surface area contributed by atoms with Crippen molar-refractivity contribution in [2.75, 3.05) is 19.8 Å². The Kier molecular flexibility index (Phi) is 8.78. The Hall–Kier alpha value is -2.83. The summed E-state index contributed by atoms with van der Waals surface area (Å²) in [6.45, 7) is 5.85. The summed E-state index contributed by atoms with van der Waals surface area (Å²) in [6, 6.07) is 6.51. The van der Waals surface area contributed by atoms with Gasteiger partial charge in [0.15, 0.2) is 6.61 Å². The van der Waals surface area contributed by atoms with E-state index in [9.17, 15) is 14.4 Å². The highest BCUT2D eigenvalue weighted by Gasteiger charge is 2.15. The number of hydrogen-bond donors (Lipinski definition) is 2. The van der Waals surface area contributed by atoms with Gasteiger partial charge in [-0.3, -0.25) is 9.59 Å². The highest BCUT2D eigenvalue weighted by atomic mass is 16.5. The van der Waals surface area contributed by atoms with Crippen molar-refractivity contribution in [3.8, 4) is 5.75 Å². The van der Waals surface area contributed by atoms with Gasteiger partial charge < -0.3 is 20.1 Å². The molecule has 0 radical (unpaired) electrons. The molecule has 0 unspecified atom stereocenters. The number of nitrogens with one attached hydrogen (secondary N) is 2. The fraction of sp³-hybridized carbons (Fsp3) is 0.389. The van der Waals surface area contributed by atoms with E-state index >= 15 is 0 Å². The van der Waals surface area contributed by atoms with E-state index in [1.807, 2.05) is 6.92 Å². The predicted molar refractivity (Wildman–Crippen MR) is 93.9 cm³/mol. The van der Waals surface area contributed by atoms with Crippen molar-refractivity contribution in [2.45, 2.75) is 26.8 Å². The van der Waals surface area contributed by atoms with Gasteiger partial charge in [0.05, 0.1) is 6.61 Å². The molecule has 1 aromatic carbocycles. The zero-order valence-corrected chi connectivity index (χ0v) is 14.7. The van der Waals surface area contributed by atoms with E-state index in [0.717, 1.165) is 11.3 Å². The predicted octanol–water partition coefficient (Wildman–Crippen LogP) is 1.28. The molecule has 0 aliphatic carbocycles. The molecule has 0 saturated carbocycles. The van der Waals surface area contributed by atoms with Gasteiger partial charge in [-0.1, -0.05) is 12.1 Å². The summed E-state index contributed by atoms with van der Waals surface area (Å²) in [6.07, 6.45) is 2.81. The minimum absolute atomic E-state index is 0.294. The smallest absolute Gasteiger partial charge is 0.331 e. The summed E-state index contributed by atoms with van der Waals surface area (Å²) < 4.78 is 10.2. The summed E-state index contributed by atoms with van der Waals surface area (Å²) in [7, 11) is 0. The van der Waals surface area contributed by atoms with Crippen LogP contribution in [0.1, 0.15) is 26.3 Å². The molecular formula is C18H24N2O5. The van der Waals surface area contributed by atoms with Gasteiger partial charge in [0.1, 0.15) is 11.8 Å². The van der Waals surface area contributed by atoms with Gasteiger partial charge in [-0.25, -0.2) is 4.79 Å². The highest BCUT2D eigenvalue weighted by Crippen LogP contribution is 2.13. The first-order valence-electron chi connectivity index (χ1n) is 8.11. The lowest BCUT2D eigenvalue weighted by Crippen LogP contribution is -2.46. The van der Waals surface area contributed by atoms with Crippen LogP contribution in [0.3, 0.4) is 0 Å². The molecule has 7 nitrogen and oxygen atoms in total. The van der Waals surface area contributed by atoms with Gasteiger partial charge in [0.2, 0.25) is 5.91 Å². The van der Waals surface area contributed by atoms with Gasteiger partial charge in [-0.15, -0.1) is 0 Å². The van der Waals surface area contributed by atoms with Crippen LogP contribution >= 0.6 is 0 Å². The number of carbonyl (C=O) groups is 3. The third kappa shape index (κ3) is 8.01. The second-order valence-electron chi connectivity index (χ2n) is 5.13. The molecule has 0 saturated heterocycles. The summed E-state index contributed by atoms with van der Waals surface area (Å²) in [5.74, 6) is -0.728. The van der Waals surface area contributed by atoms with Crippen molar-refractivity contribution in [1.82, 2.24) is 10.6 Å². The van der Waals surface area contributed by atoms with Crippen LogP contribution in [0.2, 0.25) is 0 Å². The van der Waals surface area contributed by atoms with E-state index < -0.39 is 24.5 Å². The SMILES string of the molecule is CCNC(=O)[C@H](C)NC(=O)COC(=O)/C=C/c1ccc(OCC)cc1. The minimum atomic E-state index is -0.689. The number of carbonyl (C=O) groups excluding carboxylic acids is 3. The third-order valence-electron chi connectivity index (χ3n) is 3.07. The molecule has 25 heavy (non-hydrogen) atoms. The topological polar surface area (TPSA) is 93.7 Å². The number of rotatable bonds is 9. The van der Waals surface area contributed by atoms with E-state index in [0.29, 0.717) is 13.2 Å². The van der Waals surface area contributed by atoms with E-state index in [1.165, 1.54) is 6.08 Å². The number of ether oxygens (including phenoxy) is 2. The lowest BCUT2D eigenvalue weighted by atomic mass is 10.2. The first-order valence-corrected chi connectivity index (χ1v) is 8.11. The summed E-state index contributed by atoms with van der Waals surface area (Å²) in [5, 5.41) is 5.03. The lowest BCUT2D eigenvalue weighted by Gasteiger charge is -2.12. The Balaban J connectivity index is 2.38. The molecule has 0 fully saturated rings. The van der Waals surface area contributed by atoms with Crippen molar-refractivity contribution in [1.29, 1.82) is 0 Å². The average molecular weight is 348 g/mol. The highest BCUT2D eigenvalue weighted by molar-refractivity contribution is 5.91. The Morgan fingerprint density at radius 2 is 1.84 bits per heavy atom. The molecule has 2 N–H and O–H groups in total. The van der Waals surface area contributed by atoms with Crippen molar-refractivity contribution < 1.29 is 23.9 Å². The first kappa shape index (κ1) is 20.2. The molecule has 7 heteroatoms. The Labute approximate surface area is 147 Å². The maximum Gasteiger partial charge on any atom is 0.331 e. The molecule has 136 valence electrons. The molecule has 1 atom stereocenters. The molecule has 2 amide bonds. The number of benzene rings is 1. The second-order valence-corrected chi connectivity index (χ2v) is 5.13. The maximum atomic E-state index is 11.6. The normalized spacial score (nSPS) is 11.6. The van der Waals surface area contributed by atoms with Crippen molar-refractivity contribution in [3.63, 3.8) is 0 Å². The standard InChI is InChI=1S/C18H24N2O5/c1-4-19-18(23)13(3)20-16(21)12-25-17(22)11-8-14-6-9-15(10-7-14)24-5-2/h6-11,13H,4-5,12H2,1-3H3,(H,19,23)(H,20,21)/b11-8+/t13-/m0/s1. The number of amides is 2. The van der Waals surface area contributed by atoms with Gasteiger partial charge in [0, 0.05) is 12.6 Å². The first-order chi connectivity index (χ1) is 12.0. The summed E-state index contributed by atoms with van der Waals surface area (Å²) >= 11 is 0. The number of esters is 1. The molecule has 0 aromatic heterocycles. The lowest BCUT2D eigenvalue weighted by molar-refractivity contribution is -0.144. The molecule has 0 aliphatic heterocycles. The number of likely N-dealkylation sites (N-methyl/N-ethyl adjacent to an activating group) is 1. The van der Waals surface area contributed by atoms with Crippen molar-refractivity contribution >= 4 is 23.9 Å². The maximum absolute atomic E-state index is 11.6. The monoisotopic (exact) mass is 348 g/mol. The largest absolute Gasteiger partial charge is 0.494 e. The van der Waals surface area contributed by atoms with Crippen LogP contribution in [-0.2, 0) is 19.1 Å². The van der Waals surface area contributed by atoms with E-state index in [4.69, 9.17) is 9.47 Å². The van der Waals surface area contributed by atoms with Crippen LogP contribution in [0.15, 0.2) is 30.3 Å². The van der Waals surface area contributed by atoms with Gasteiger partial charge in [-0.2, -0.15) is 0 Å². The quantitative estimate of drug-likeness (QED) is 0.518. The third-order valence-corrected chi connectivity index (χ3v) is 3.07. The second kappa shape index (κ2) is 10.9. The minimum Gasteiger partial charge on any atom is -0.494 e. The van der Waals surface area contributed by atoms with Crippen LogP contribution in [-0.4, -0.2) is 43.6 Å². The fourth-order valence-corrected chi connectivity index (χ4v) is 1.87. The molecule has 0 spiro atoms. The van der Waals surface area contributed by atoms with Gasteiger partial charge in [-0.05, 0) is 44.5 Å². The van der Waals surface area contributed by atoms with Crippen molar-refractivity contribution in [2.24, 2.45) is 0 Å². The van der Waals surface area contributed by atoms with E-state index in [-0.39, 0.29) is 5.91 Å². The van der Waals surface area contributed by atoms with Gasteiger partial charge in [0.25, 0.3) is 5.91 Å². The van der Waals surface area contributed by atoms with Crippen LogP contribution in [0.4, 0.5) is 0 Å². The fourth-order valence-electron chi connectivity index (χ4n) is 1.87. The Bertz CT molecular complexity index is 610. The van der Waals surface area contributed by atoms with E-state index in [2.05, 4.69) is 10.6 Å². The van der Waals surface area contributed by atoms with Crippen molar-refractivity contribution in [3.05, 3.63) is 35.9 Å². The van der Waals surface area contributed by atoms with E-state index in [1.54, 1.807) is 44.2 Å². The number of hydrogen-bond acceptors (Lipinski definition) is 5. The van der Waals surface area contributed by atoms with Crippen LogP contribution in [0.5, 0.6) is 5.75 Å². The molecule has 1 aromatic rings. The molecule has 0 heterocycles. The molecule has 0 aliphatic rings. The Morgan fingerprint density at radius 3 is 2.44 bits per heavy atom. The average Bonchev–Trinajstić information content (AvgIpc) is 2.59. The van der Waals surface area contributed by atoms with Crippen LogP contribution in [0, 0.1) is 0 Å². The Morgan fingerprint density at radius 1 is 1.16 bits per heavy atom. The van der Waals surface area contributed by atoms with Gasteiger partial charge >= 0.3 is 5.97 Å². The zero-order chi connectivity index (χ0) is 18.7. The zero-order valence-electron chi connectivity index (χ0n) is 14.7. The van der Waals surface area contributed by atoms with Crippen LogP contribution in [0.25, 0.3) is 6.08 Å². The molecule has 1 rings (SSSR count). The molecular weight excluding hydrogens is 324 g/mol. The molecule has 0 bridgehead atoms. The summed E-state index contributed by atoms with van der Waals surface area (Å²) in [4.78, 5) is 34.7. The summed E-state index contributed by atoms with van der Waals surface area (Å²) in [5.41, 5.74) is 0.801.